The van der Waals surface area contributed by atoms with Crippen LogP contribution in [0.25, 0.3) is 0 Å². The lowest BCUT2D eigenvalue weighted by Crippen LogP contribution is -2.36. The minimum atomic E-state index is -0.355. The summed E-state index contributed by atoms with van der Waals surface area (Å²) in [7, 11) is 0. The van der Waals surface area contributed by atoms with Crippen LogP contribution in [0.3, 0.4) is 0 Å². The zero-order valence-electron chi connectivity index (χ0n) is 13.6. The molecule has 1 aliphatic heterocycles. The molecule has 2 aliphatic rings. The van der Waals surface area contributed by atoms with Gasteiger partial charge in [0.2, 0.25) is 0 Å². The SMILES string of the molecule is Fc1cnc([C@H]2CC[C@@H](CCNC3CCOCC3)CC2)c(Cl)c1. The summed E-state index contributed by atoms with van der Waals surface area (Å²) in [6, 6.07) is 2.02. The van der Waals surface area contributed by atoms with Crippen LogP contribution in [0.5, 0.6) is 0 Å². The summed E-state index contributed by atoms with van der Waals surface area (Å²) in [4.78, 5) is 4.22. The summed E-state index contributed by atoms with van der Waals surface area (Å²) in [5, 5.41) is 4.15. The number of hydrogen-bond donors (Lipinski definition) is 1. The van der Waals surface area contributed by atoms with E-state index in [0.717, 1.165) is 57.1 Å². The summed E-state index contributed by atoms with van der Waals surface area (Å²) in [6.45, 7) is 2.90. The molecule has 0 atom stereocenters. The van der Waals surface area contributed by atoms with Gasteiger partial charge in [0.1, 0.15) is 5.82 Å². The van der Waals surface area contributed by atoms with Crippen molar-refractivity contribution in [3.8, 4) is 0 Å². The van der Waals surface area contributed by atoms with E-state index in [1.807, 2.05) is 0 Å². The van der Waals surface area contributed by atoms with Gasteiger partial charge in [0.15, 0.2) is 0 Å². The van der Waals surface area contributed by atoms with Crippen LogP contribution >= 0.6 is 11.6 Å². The van der Waals surface area contributed by atoms with E-state index in [4.69, 9.17) is 16.3 Å². The van der Waals surface area contributed by atoms with Gasteiger partial charge in [0.05, 0.1) is 16.9 Å². The molecule has 0 aromatic carbocycles. The highest BCUT2D eigenvalue weighted by molar-refractivity contribution is 6.31. The largest absolute Gasteiger partial charge is 0.381 e. The quantitative estimate of drug-likeness (QED) is 0.867. The molecule has 1 N–H and O–H groups in total. The van der Waals surface area contributed by atoms with Gasteiger partial charge in [-0.15, -0.1) is 0 Å². The van der Waals surface area contributed by atoms with Crippen LogP contribution in [0.4, 0.5) is 4.39 Å². The fourth-order valence-electron chi connectivity index (χ4n) is 3.84. The van der Waals surface area contributed by atoms with Gasteiger partial charge in [-0.1, -0.05) is 11.6 Å². The van der Waals surface area contributed by atoms with Crippen molar-refractivity contribution in [2.24, 2.45) is 5.92 Å². The fraction of sp³-hybridized carbons (Fsp3) is 0.722. The van der Waals surface area contributed by atoms with E-state index in [-0.39, 0.29) is 5.82 Å². The maximum Gasteiger partial charge on any atom is 0.142 e. The molecule has 5 heteroatoms. The monoisotopic (exact) mass is 340 g/mol. The van der Waals surface area contributed by atoms with Crippen LogP contribution in [0, 0.1) is 11.7 Å². The average Bonchev–Trinajstić information content (AvgIpc) is 2.57. The predicted octanol–water partition coefficient (Wildman–Crippen LogP) is 4.31. The van der Waals surface area contributed by atoms with Crippen LogP contribution in [-0.2, 0) is 4.74 Å². The third-order valence-corrected chi connectivity index (χ3v) is 5.58. The van der Waals surface area contributed by atoms with E-state index >= 15 is 0 Å². The highest BCUT2D eigenvalue weighted by Gasteiger charge is 2.25. The normalized spacial score (nSPS) is 26.3. The second-order valence-electron chi connectivity index (χ2n) is 6.87. The molecular formula is C18H26ClFN2O. The smallest absolute Gasteiger partial charge is 0.142 e. The van der Waals surface area contributed by atoms with Crippen molar-refractivity contribution in [3.05, 3.63) is 28.8 Å². The zero-order chi connectivity index (χ0) is 16.1. The molecule has 2 fully saturated rings. The number of rotatable bonds is 5. The van der Waals surface area contributed by atoms with Gasteiger partial charge in [-0.05, 0) is 63.5 Å². The lowest BCUT2D eigenvalue weighted by atomic mass is 9.79. The van der Waals surface area contributed by atoms with E-state index < -0.39 is 0 Å². The molecule has 1 aromatic rings. The Morgan fingerprint density at radius 3 is 2.61 bits per heavy atom. The second-order valence-corrected chi connectivity index (χ2v) is 7.27. The Balaban J connectivity index is 1.39. The molecule has 3 rings (SSSR count). The first-order chi connectivity index (χ1) is 11.2. The number of hydrogen-bond acceptors (Lipinski definition) is 3. The molecule has 0 radical (unpaired) electrons. The topological polar surface area (TPSA) is 34.2 Å². The molecule has 0 bridgehead atoms. The molecule has 2 heterocycles. The average molecular weight is 341 g/mol. The van der Waals surface area contributed by atoms with Crippen molar-refractivity contribution >= 4 is 11.6 Å². The van der Waals surface area contributed by atoms with Gasteiger partial charge in [0.25, 0.3) is 0 Å². The Hall–Kier alpha value is -0.710. The van der Waals surface area contributed by atoms with E-state index in [0.29, 0.717) is 17.0 Å². The third kappa shape index (κ3) is 4.88. The van der Waals surface area contributed by atoms with Gasteiger partial charge < -0.3 is 10.1 Å². The minimum absolute atomic E-state index is 0.355. The fourth-order valence-corrected chi connectivity index (χ4v) is 4.15. The predicted molar refractivity (Wildman–Crippen MR) is 90.4 cm³/mol. The number of halogens is 2. The van der Waals surface area contributed by atoms with Gasteiger partial charge >= 0.3 is 0 Å². The van der Waals surface area contributed by atoms with Crippen LogP contribution in [-0.4, -0.2) is 30.8 Å². The highest BCUT2D eigenvalue weighted by atomic mass is 35.5. The van der Waals surface area contributed by atoms with E-state index in [1.165, 1.54) is 31.5 Å². The van der Waals surface area contributed by atoms with Gasteiger partial charge in [-0.25, -0.2) is 4.39 Å². The molecule has 1 aromatic heterocycles. The van der Waals surface area contributed by atoms with Crippen molar-refractivity contribution in [2.75, 3.05) is 19.8 Å². The van der Waals surface area contributed by atoms with Crippen molar-refractivity contribution in [1.82, 2.24) is 10.3 Å². The van der Waals surface area contributed by atoms with Crippen molar-refractivity contribution in [2.45, 2.75) is 56.9 Å². The van der Waals surface area contributed by atoms with Crippen molar-refractivity contribution < 1.29 is 9.13 Å². The summed E-state index contributed by atoms with van der Waals surface area (Å²) < 4.78 is 18.5. The molecule has 128 valence electrons. The first kappa shape index (κ1) is 17.1. The minimum Gasteiger partial charge on any atom is -0.381 e. The highest BCUT2D eigenvalue weighted by Crippen LogP contribution is 2.38. The van der Waals surface area contributed by atoms with Crippen molar-refractivity contribution in [3.63, 3.8) is 0 Å². The summed E-state index contributed by atoms with van der Waals surface area (Å²) in [6.07, 6.45) is 9.47. The van der Waals surface area contributed by atoms with E-state index in [9.17, 15) is 4.39 Å². The summed E-state index contributed by atoms with van der Waals surface area (Å²) >= 11 is 6.15. The Kier molecular flexibility index (Phi) is 6.26. The summed E-state index contributed by atoms with van der Waals surface area (Å²) in [5.41, 5.74) is 0.881. The Morgan fingerprint density at radius 2 is 1.91 bits per heavy atom. The first-order valence-electron chi connectivity index (χ1n) is 8.84. The van der Waals surface area contributed by atoms with Gasteiger partial charge in [-0.3, -0.25) is 4.98 Å². The molecule has 1 saturated heterocycles. The molecule has 1 aliphatic carbocycles. The van der Waals surface area contributed by atoms with Gasteiger partial charge in [-0.2, -0.15) is 0 Å². The second kappa shape index (κ2) is 8.41. The number of pyridine rings is 1. The molecule has 3 nitrogen and oxygen atoms in total. The molecule has 0 amide bonds. The van der Waals surface area contributed by atoms with Crippen LogP contribution < -0.4 is 5.32 Å². The third-order valence-electron chi connectivity index (χ3n) is 5.28. The molecular weight excluding hydrogens is 315 g/mol. The van der Waals surface area contributed by atoms with Crippen LogP contribution in [0.2, 0.25) is 5.02 Å². The molecule has 1 saturated carbocycles. The lowest BCUT2D eigenvalue weighted by Gasteiger charge is -2.29. The number of nitrogens with one attached hydrogen (secondary N) is 1. The Bertz CT molecular complexity index is 500. The number of aromatic nitrogens is 1. The standard InChI is InChI=1S/C18H26ClFN2O/c19-17-11-15(20)12-22-18(17)14-3-1-13(2-4-14)5-8-21-16-6-9-23-10-7-16/h11-14,16,21H,1-10H2/t13-,14+. The maximum absolute atomic E-state index is 13.1. The summed E-state index contributed by atoms with van der Waals surface area (Å²) in [5.74, 6) is 0.826. The van der Waals surface area contributed by atoms with Crippen molar-refractivity contribution in [1.29, 1.82) is 0 Å². The molecule has 0 spiro atoms. The molecule has 23 heavy (non-hydrogen) atoms. The Morgan fingerprint density at radius 1 is 1.17 bits per heavy atom. The number of ether oxygens (including phenoxy) is 1. The van der Waals surface area contributed by atoms with Crippen LogP contribution in [0.15, 0.2) is 12.3 Å². The maximum atomic E-state index is 13.1. The Labute approximate surface area is 143 Å². The van der Waals surface area contributed by atoms with E-state index in [2.05, 4.69) is 10.3 Å². The lowest BCUT2D eigenvalue weighted by molar-refractivity contribution is 0.0775. The zero-order valence-corrected chi connectivity index (χ0v) is 14.3. The van der Waals surface area contributed by atoms with Crippen LogP contribution in [0.1, 0.15) is 56.6 Å². The molecule has 0 unspecified atom stereocenters. The number of nitrogens with zero attached hydrogens (tertiary/aromatic N) is 1. The van der Waals surface area contributed by atoms with Gasteiger partial charge in [0, 0.05) is 25.2 Å². The van der Waals surface area contributed by atoms with E-state index in [1.54, 1.807) is 0 Å². The first-order valence-corrected chi connectivity index (χ1v) is 9.22.